The smallest absolute Gasteiger partial charge is 0.266 e. The SMILES string of the molecule is CCc1ccsc1C(=O)Nc1cc(C)ccc1NS(C)(=O)=O. The van der Waals surface area contributed by atoms with E-state index in [1.54, 1.807) is 18.2 Å². The maximum absolute atomic E-state index is 12.4. The number of anilines is 2. The minimum absolute atomic E-state index is 0.228. The Hall–Kier alpha value is -1.86. The minimum Gasteiger partial charge on any atom is -0.319 e. The molecule has 5 nitrogen and oxygen atoms in total. The Bertz CT molecular complexity index is 795. The third kappa shape index (κ3) is 4.08. The fourth-order valence-electron chi connectivity index (χ4n) is 2.04. The summed E-state index contributed by atoms with van der Waals surface area (Å²) in [4.78, 5) is 13.1. The number of carbonyl (C=O) groups excluding carboxylic acids is 1. The van der Waals surface area contributed by atoms with E-state index >= 15 is 0 Å². The third-order valence-electron chi connectivity index (χ3n) is 3.05. The molecular weight excluding hydrogens is 320 g/mol. The second-order valence-corrected chi connectivity index (χ2v) is 7.67. The quantitative estimate of drug-likeness (QED) is 0.879. The van der Waals surface area contributed by atoms with Gasteiger partial charge in [0.25, 0.3) is 5.91 Å². The zero-order chi connectivity index (χ0) is 16.3. The van der Waals surface area contributed by atoms with Gasteiger partial charge in [-0.2, -0.15) is 0 Å². The summed E-state index contributed by atoms with van der Waals surface area (Å²) in [5.74, 6) is -0.228. The first-order valence-electron chi connectivity index (χ1n) is 6.76. The minimum atomic E-state index is -3.41. The molecule has 0 aliphatic carbocycles. The van der Waals surface area contributed by atoms with Gasteiger partial charge in [-0.15, -0.1) is 11.3 Å². The van der Waals surface area contributed by atoms with Gasteiger partial charge < -0.3 is 5.32 Å². The van der Waals surface area contributed by atoms with E-state index in [4.69, 9.17) is 0 Å². The Kier molecular flexibility index (Phi) is 4.87. The Morgan fingerprint density at radius 3 is 2.59 bits per heavy atom. The standard InChI is InChI=1S/C15H18N2O3S2/c1-4-11-7-8-21-14(11)15(18)16-13-9-10(2)5-6-12(13)17-22(3,19)20/h5-9,17H,4H2,1-3H3,(H,16,18). The molecule has 2 N–H and O–H groups in total. The van der Waals surface area contributed by atoms with E-state index in [2.05, 4.69) is 10.0 Å². The summed E-state index contributed by atoms with van der Waals surface area (Å²) in [6, 6.07) is 7.09. The summed E-state index contributed by atoms with van der Waals surface area (Å²) in [7, 11) is -3.41. The third-order valence-corrected chi connectivity index (χ3v) is 4.60. The lowest BCUT2D eigenvalue weighted by Gasteiger charge is -2.13. The maximum atomic E-state index is 12.4. The number of aryl methyl sites for hydroxylation is 2. The Labute approximate surface area is 134 Å². The summed E-state index contributed by atoms with van der Waals surface area (Å²) in [6.45, 7) is 3.87. The van der Waals surface area contributed by atoms with E-state index in [-0.39, 0.29) is 5.91 Å². The highest BCUT2D eigenvalue weighted by Crippen LogP contribution is 2.26. The molecule has 118 valence electrons. The van der Waals surface area contributed by atoms with E-state index in [1.807, 2.05) is 25.3 Å². The molecule has 1 heterocycles. The summed E-state index contributed by atoms with van der Waals surface area (Å²) in [6.07, 6.45) is 1.85. The van der Waals surface area contributed by atoms with Crippen molar-refractivity contribution in [1.82, 2.24) is 0 Å². The molecule has 0 atom stereocenters. The van der Waals surface area contributed by atoms with Crippen molar-refractivity contribution in [2.75, 3.05) is 16.3 Å². The number of sulfonamides is 1. The molecule has 0 unspecified atom stereocenters. The molecule has 1 amide bonds. The van der Waals surface area contributed by atoms with Gasteiger partial charge >= 0.3 is 0 Å². The van der Waals surface area contributed by atoms with Crippen molar-refractivity contribution >= 4 is 38.6 Å². The van der Waals surface area contributed by atoms with E-state index < -0.39 is 10.0 Å². The van der Waals surface area contributed by atoms with Gasteiger partial charge in [0.05, 0.1) is 22.5 Å². The van der Waals surface area contributed by atoms with Crippen LogP contribution in [0.15, 0.2) is 29.6 Å². The molecule has 0 spiro atoms. The van der Waals surface area contributed by atoms with Gasteiger partial charge in [-0.25, -0.2) is 8.42 Å². The lowest BCUT2D eigenvalue weighted by molar-refractivity contribution is 0.103. The second kappa shape index (κ2) is 6.50. The number of benzene rings is 1. The molecule has 0 saturated heterocycles. The van der Waals surface area contributed by atoms with Gasteiger partial charge in [-0.3, -0.25) is 9.52 Å². The average Bonchev–Trinajstić information content (AvgIpc) is 2.89. The molecule has 7 heteroatoms. The molecule has 0 radical (unpaired) electrons. The molecule has 0 aliphatic heterocycles. The predicted molar refractivity (Wildman–Crippen MR) is 91.3 cm³/mol. The number of amides is 1. The molecule has 2 rings (SSSR count). The highest BCUT2D eigenvalue weighted by Gasteiger charge is 2.15. The van der Waals surface area contributed by atoms with Crippen molar-refractivity contribution in [2.45, 2.75) is 20.3 Å². The lowest BCUT2D eigenvalue weighted by atomic mass is 10.1. The first kappa shape index (κ1) is 16.5. The second-order valence-electron chi connectivity index (χ2n) is 5.01. The van der Waals surface area contributed by atoms with Crippen molar-refractivity contribution in [3.8, 4) is 0 Å². The van der Waals surface area contributed by atoms with E-state index in [1.165, 1.54) is 11.3 Å². The van der Waals surface area contributed by atoms with Crippen molar-refractivity contribution in [3.63, 3.8) is 0 Å². The van der Waals surface area contributed by atoms with Crippen LogP contribution in [-0.4, -0.2) is 20.6 Å². The topological polar surface area (TPSA) is 75.3 Å². The van der Waals surface area contributed by atoms with Crippen LogP contribution in [0.1, 0.15) is 27.7 Å². The van der Waals surface area contributed by atoms with Crippen LogP contribution in [0.2, 0.25) is 0 Å². The van der Waals surface area contributed by atoms with Gasteiger partial charge in [0.15, 0.2) is 0 Å². The van der Waals surface area contributed by atoms with Crippen LogP contribution < -0.4 is 10.0 Å². The number of hydrogen-bond donors (Lipinski definition) is 2. The van der Waals surface area contributed by atoms with Crippen LogP contribution in [0, 0.1) is 6.92 Å². The van der Waals surface area contributed by atoms with Crippen molar-refractivity contribution in [2.24, 2.45) is 0 Å². The van der Waals surface area contributed by atoms with Crippen molar-refractivity contribution < 1.29 is 13.2 Å². The van der Waals surface area contributed by atoms with Crippen LogP contribution >= 0.6 is 11.3 Å². The summed E-state index contributed by atoms with van der Waals surface area (Å²) in [5, 5.41) is 4.67. The Morgan fingerprint density at radius 1 is 1.23 bits per heavy atom. The van der Waals surface area contributed by atoms with E-state index in [9.17, 15) is 13.2 Å². The molecule has 0 aliphatic rings. The monoisotopic (exact) mass is 338 g/mol. The highest BCUT2D eigenvalue weighted by molar-refractivity contribution is 7.92. The number of carbonyl (C=O) groups is 1. The predicted octanol–water partition coefficient (Wildman–Crippen LogP) is 3.24. The van der Waals surface area contributed by atoms with Gasteiger partial charge in [0, 0.05) is 0 Å². The first-order valence-corrected chi connectivity index (χ1v) is 9.53. The first-order chi connectivity index (χ1) is 10.3. The van der Waals surface area contributed by atoms with E-state index in [0.717, 1.165) is 23.8 Å². The number of hydrogen-bond acceptors (Lipinski definition) is 4. The molecule has 2 aromatic rings. The van der Waals surface area contributed by atoms with Crippen LogP contribution in [0.25, 0.3) is 0 Å². The summed E-state index contributed by atoms with van der Waals surface area (Å²) < 4.78 is 25.3. The molecule has 1 aromatic carbocycles. The van der Waals surface area contributed by atoms with E-state index in [0.29, 0.717) is 16.3 Å². The molecule has 22 heavy (non-hydrogen) atoms. The van der Waals surface area contributed by atoms with Crippen LogP contribution in [0.5, 0.6) is 0 Å². The number of rotatable bonds is 5. The molecule has 0 bridgehead atoms. The zero-order valence-electron chi connectivity index (χ0n) is 12.6. The van der Waals surface area contributed by atoms with Gasteiger partial charge in [0.1, 0.15) is 0 Å². The van der Waals surface area contributed by atoms with Gasteiger partial charge in [-0.05, 0) is 48.1 Å². The van der Waals surface area contributed by atoms with Crippen LogP contribution in [0.4, 0.5) is 11.4 Å². The normalized spacial score (nSPS) is 11.2. The number of nitrogens with one attached hydrogen (secondary N) is 2. The van der Waals surface area contributed by atoms with Gasteiger partial charge in [0.2, 0.25) is 10.0 Å². The zero-order valence-corrected chi connectivity index (χ0v) is 14.3. The Morgan fingerprint density at radius 2 is 1.95 bits per heavy atom. The lowest BCUT2D eigenvalue weighted by Crippen LogP contribution is -2.16. The summed E-state index contributed by atoms with van der Waals surface area (Å²) >= 11 is 1.37. The van der Waals surface area contributed by atoms with Gasteiger partial charge in [-0.1, -0.05) is 13.0 Å². The van der Waals surface area contributed by atoms with Crippen LogP contribution in [-0.2, 0) is 16.4 Å². The van der Waals surface area contributed by atoms with Crippen molar-refractivity contribution in [1.29, 1.82) is 0 Å². The fraction of sp³-hybridized carbons (Fsp3) is 0.267. The molecule has 0 saturated carbocycles. The fourth-order valence-corrected chi connectivity index (χ4v) is 3.51. The van der Waals surface area contributed by atoms with Crippen molar-refractivity contribution in [3.05, 3.63) is 45.6 Å². The molecular formula is C15H18N2O3S2. The maximum Gasteiger partial charge on any atom is 0.266 e. The molecule has 0 fully saturated rings. The highest BCUT2D eigenvalue weighted by atomic mass is 32.2. The summed E-state index contributed by atoms with van der Waals surface area (Å²) in [5.41, 5.74) is 2.71. The molecule has 1 aromatic heterocycles. The number of thiophene rings is 1. The largest absolute Gasteiger partial charge is 0.319 e. The Balaban J connectivity index is 2.32. The average molecular weight is 338 g/mol. The van der Waals surface area contributed by atoms with Crippen LogP contribution in [0.3, 0.4) is 0 Å².